The zero-order chi connectivity index (χ0) is 16.1. The Bertz CT molecular complexity index is 675. The largest absolute Gasteiger partial charge is 0.494 e. The third kappa shape index (κ3) is 2.95. The molecule has 0 amide bonds. The molecule has 1 N–H and O–H groups in total. The van der Waals surface area contributed by atoms with Gasteiger partial charge in [0.05, 0.1) is 13.2 Å². The van der Waals surface area contributed by atoms with Crippen LogP contribution in [0.4, 0.5) is 0 Å². The van der Waals surface area contributed by atoms with Crippen LogP contribution in [-0.2, 0) is 9.47 Å². The van der Waals surface area contributed by atoms with Gasteiger partial charge < -0.3 is 14.6 Å². The summed E-state index contributed by atoms with van der Waals surface area (Å²) in [5, 5.41) is 10.3. The molecule has 0 saturated heterocycles. The summed E-state index contributed by atoms with van der Waals surface area (Å²) in [6.45, 7) is 3.70. The number of hydrogen-bond donors (Lipinski definition) is 1. The van der Waals surface area contributed by atoms with Crippen molar-refractivity contribution in [3.63, 3.8) is 0 Å². The van der Waals surface area contributed by atoms with Gasteiger partial charge >= 0.3 is 11.9 Å². The molecule has 6 nitrogen and oxygen atoms in total. The smallest absolute Gasteiger partial charge is 0.355 e. The molecular weight excluding hydrogens is 286 g/mol. The van der Waals surface area contributed by atoms with Crippen molar-refractivity contribution in [2.24, 2.45) is 0 Å². The van der Waals surface area contributed by atoms with E-state index in [2.05, 4.69) is 0 Å². The van der Waals surface area contributed by atoms with E-state index < -0.39 is 11.9 Å². The number of para-hydroxylation sites is 1. The van der Waals surface area contributed by atoms with Gasteiger partial charge in [0.2, 0.25) is 5.88 Å². The van der Waals surface area contributed by atoms with Crippen molar-refractivity contribution in [3.8, 4) is 11.6 Å². The minimum atomic E-state index is -0.694. The summed E-state index contributed by atoms with van der Waals surface area (Å²) in [4.78, 5) is 24.0. The molecule has 0 saturated carbocycles. The molecule has 1 aromatic carbocycles. The van der Waals surface area contributed by atoms with E-state index in [9.17, 15) is 14.7 Å². The molecule has 2 aromatic rings. The standard InChI is InChI=1S/C16H17NO5/c1-3-21-15(19)12-10-13(16(20)22-4-2)17(14(12)18)11-8-6-5-7-9-11/h5-10,18H,3-4H2,1-2H3. The highest BCUT2D eigenvalue weighted by atomic mass is 16.5. The molecule has 0 atom stereocenters. The number of ether oxygens (including phenoxy) is 2. The predicted octanol–water partition coefficient (Wildman–Crippen LogP) is 2.54. The summed E-state index contributed by atoms with van der Waals surface area (Å²) in [6.07, 6.45) is 0. The molecule has 0 fully saturated rings. The summed E-state index contributed by atoms with van der Waals surface area (Å²) in [5.74, 6) is -1.68. The Morgan fingerprint density at radius 2 is 1.64 bits per heavy atom. The predicted molar refractivity (Wildman–Crippen MR) is 79.3 cm³/mol. The zero-order valence-electron chi connectivity index (χ0n) is 12.4. The van der Waals surface area contributed by atoms with Crippen molar-refractivity contribution < 1.29 is 24.2 Å². The molecule has 0 aliphatic carbocycles. The Morgan fingerprint density at radius 1 is 1.05 bits per heavy atom. The summed E-state index contributed by atoms with van der Waals surface area (Å²) < 4.78 is 11.1. The fourth-order valence-electron chi connectivity index (χ4n) is 2.05. The van der Waals surface area contributed by atoms with Crippen LogP contribution in [0, 0.1) is 0 Å². The lowest BCUT2D eigenvalue weighted by Crippen LogP contribution is -2.10. The normalized spacial score (nSPS) is 10.3. The minimum absolute atomic E-state index is 0.0635. The average Bonchev–Trinajstić information content (AvgIpc) is 2.86. The number of carbonyl (C=O) groups excluding carboxylic acids is 2. The second-order valence-electron chi connectivity index (χ2n) is 4.38. The number of esters is 2. The molecule has 0 spiro atoms. The van der Waals surface area contributed by atoms with E-state index in [0.29, 0.717) is 5.69 Å². The second kappa shape index (κ2) is 6.80. The molecule has 0 aliphatic rings. The van der Waals surface area contributed by atoms with Crippen LogP contribution in [-0.4, -0.2) is 34.8 Å². The molecule has 1 aromatic heterocycles. The van der Waals surface area contributed by atoms with Crippen molar-refractivity contribution in [1.29, 1.82) is 0 Å². The number of carbonyl (C=O) groups is 2. The number of hydrogen-bond acceptors (Lipinski definition) is 5. The van der Waals surface area contributed by atoms with Gasteiger partial charge in [-0.15, -0.1) is 0 Å². The first-order valence-electron chi connectivity index (χ1n) is 6.94. The zero-order valence-corrected chi connectivity index (χ0v) is 12.4. The van der Waals surface area contributed by atoms with Crippen LogP contribution < -0.4 is 0 Å². The molecule has 6 heteroatoms. The molecule has 116 valence electrons. The topological polar surface area (TPSA) is 77.8 Å². The first-order valence-corrected chi connectivity index (χ1v) is 6.94. The Morgan fingerprint density at radius 3 is 2.23 bits per heavy atom. The van der Waals surface area contributed by atoms with Crippen molar-refractivity contribution in [1.82, 2.24) is 4.57 Å². The lowest BCUT2D eigenvalue weighted by atomic mass is 10.3. The summed E-state index contributed by atoms with van der Waals surface area (Å²) in [7, 11) is 0. The first kappa shape index (κ1) is 15.6. The van der Waals surface area contributed by atoms with Crippen LogP contribution in [0.25, 0.3) is 5.69 Å². The van der Waals surface area contributed by atoms with E-state index in [1.54, 1.807) is 44.2 Å². The van der Waals surface area contributed by atoms with Crippen molar-refractivity contribution in [2.45, 2.75) is 13.8 Å². The van der Waals surface area contributed by atoms with Crippen LogP contribution in [0.1, 0.15) is 34.7 Å². The van der Waals surface area contributed by atoms with Crippen LogP contribution in [0.2, 0.25) is 0 Å². The fourth-order valence-corrected chi connectivity index (χ4v) is 2.05. The molecule has 2 rings (SSSR count). The Hall–Kier alpha value is -2.76. The molecule has 0 aliphatic heterocycles. The second-order valence-corrected chi connectivity index (χ2v) is 4.38. The third-order valence-electron chi connectivity index (χ3n) is 2.97. The highest BCUT2D eigenvalue weighted by Crippen LogP contribution is 2.28. The van der Waals surface area contributed by atoms with Gasteiger partial charge in [0.1, 0.15) is 11.3 Å². The average molecular weight is 303 g/mol. The molecular formula is C16H17NO5. The Kier molecular flexibility index (Phi) is 4.83. The van der Waals surface area contributed by atoms with Crippen LogP contribution in [0.15, 0.2) is 36.4 Å². The lowest BCUT2D eigenvalue weighted by Gasteiger charge is -2.09. The molecule has 0 bridgehead atoms. The third-order valence-corrected chi connectivity index (χ3v) is 2.97. The van der Waals surface area contributed by atoms with Gasteiger partial charge in [-0.1, -0.05) is 18.2 Å². The van der Waals surface area contributed by atoms with E-state index in [0.717, 1.165) is 0 Å². The summed E-state index contributed by atoms with van der Waals surface area (Å²) >= 11 is 0. The molecule has 22 heavy (non-hydrogen) atoms. The fraction of sp³-hybridized carbons (Fsp3) is 0.250. The Balaban J connectivity index is 2.58. The van der Waals surface area contributed by atoms with Gasteiger partial charge in [-0.05, 0) is 32.0 Å². The van der Waals surface area contributed by atoms with Crippen molar-refractivity contribution in [2.75, 3.05) is 13.2 Å². The van der Waals surface area contributed by atoms with Gasteiger partial charge in [-0.25, -0.2) is 9.59 Å². The number of aromatic nitrogens is 1. The van der Waals surface area contributed by atoms with E-state index >= 15 is 0 Å². The number of rotatable bonds is 5. The highest BCUT2D eigenvalue weighted by Gasteiger charge is 2.26. The molecule has 0 unspecified atom stereocenters. The number of benzene rings is 1. The Labute approximate surface area is 127 Å². The molecule has 0 radical (unpaired) electrons. The monoisotopic (exact) mass is 303 g/mol. The summed E-state index contributed by atoms with van der Waals surface area (Å²) in [6, 6.07) is 10.0. The lowest BCUT2D eigenvalue weighted by molar-refractivity contribution is 0.0512. The van der Waals surface area contributed by atoms with Gasteiger partial charge in [0, 0.05) is 5.69 Å². The van der Waals surface area contributed by atoms with Gasteiger partial charge in [-0.3, -0.25) is 4.57 Å². The van der Waals surface area contributed by atoms with Crippen molar-refractivity contribution >= 4 is 11.9 Å². The number of nitrogens with zero attached hydrogens (tertiary/aromatic N) is 1. The van der Waals surface area contributed by atoms with Crippen LogP contribution in [0.3, 0.4) is 0 Å². The van der Waals surface area contributed by atoms with E-state index in [1.807, 2.05) is 0 Å². The van der Waals surface area contributed by atoms with Crippen LogP contribution >= 0.6 is 0 Å². The quantitative estimate of drug-likeness (QED) is 0.859. The summed E-state index contributed by atoms with van der Waals surface area (Å²) in [5.41, 5.74) is 0.529. The van der Waals surface area contributed by atoms with Crippen LogP contribution in [0.5, 0.6) is 5.88 Å². The maximum Gasteiger partial charge on any atom is 0.355 e. The maximum absolute atomic E-state index is 12.1. The van der Waals surface area contributed by atoms with E-state index in [1.165, 1.54) is 10.6 Å². The van der Waals surface area contributed by atoms with Crippen molar-refractivity contribution in [3.05, 3.63) is 47.7 Å². The van der Waals surface area contributed by atoms with E-state index in [-0.39, 0.29) is 30.4 Å². The van der Waals surface area contributed by atoms with Gasteiger partial charge in [-0.2, -0.15) is 0 Å². The SMILES string of the molecule is CCOC(=O)c1cc(C(=O)OCC)n(-c2ccccc2)c1O. The highest BCUT2D eigenvalue weighted by molar-refractivity contribution is 5.98. The van der Waals surface area contributed by atoms with Gasteiger partial charge in [0.15, 0.2) is 0 Å². The van der Waals surface area contributed by atoms with Gasteiger partial charge in [0.25, 0.3) is 0 Å². The first-order chi connectivity index (χ1) is 10.6. The maximum atomic E-state index is 12.1. The minimum Gasteiger partial charge on any atom is -0.494 e. The molecule has 1 heterocycles. The number of aromatic hydroxyl groups is 1. The van der Waals surface area contributed by atoms with E-state index in [4.69, 9.17) is 9.47 Å².